The monoisotopic (exact) mass is 173 g/mol. The molecule has 0 saturated carbocycles. The molecule has 1 aliphatic heterocycles. The van der Waals surface area contributed by atoms with Crippen LogP contribution >= 0.6 is 0 Å². The van der Waals surface area contributed by atoms with Crippen molar-refractivity contribution in [3.63, 3.8) is 0 Å². The second-order valence-corrected chi connectivity index (χ2v) is 3.21. The molecular weight excluding hydrogens is 154 g/mol. The number of nitrogens with zero attached hydrogens (tertiary/aromatic N) is 1. The van der Waals surface area contributed by atoms with Gasteiger partial charge in [0.2, 0.25) is 0 Å². The molecule has 0 unspecified atom stereocenters. The minimum absolute atomic E-state index is 0.278. The molecule has 1 saturated heterocycles. The summed E-state index contributed by atoms with van der Waals surface area (Å²) < 4.78 is 11.1. The molecule has 12 heavy (non-hydrogen) atoms. The van der Waals surface area contributed by atoms with Crippen LogP contribution in [-0.4, -0.2) is 50.5 Å². The van der Waals surface area contributed by atoms with E-state index < -0.39 is 0 Å². The van der Waals surface area contributed by atoms with Crippen LogP contribution in [0.25, 0.3) is 0 Å². The van der Waals surface area contributed by atoms with Gasteiger partial charge >= 0.3 is 0 Å². The van der Waals surface area contributed by atoms with Crippen LogP contribution in [-0.2, 0) is 9.47 Å². The van der Waals surface area contributed by atoms with Crippen LogP contribution in [0, 0.1) is 0 Å². The van der Waals surface area contributed by atoms with E-state index in [0.29, 0.717) is 0 Å². The van der Waals surface area contributed by atoms with Gasteiger partial charge in [0.15, 0.2) is 0 Å². The fraction of sp³-hybridized carbons (Fsp3) is 1.00. The lowest BCUT2D eigenvalue weighted by molar-refractivity contribution is -0.0388. The molecular formula is C9H19NO2. The van der Waals surface area contributed by atoms with Crippen molar-refractivity contribution in [2.24, 2.45) is 0 Å². The van der Waals surface area contributed by atoms with Crippen molar-refractivity contribution < 1.29 is 9.47 Å². The molecule has 3 heteroatoms. The summed E-state index contributed by atoms with van der Waals surface area (Å²) in [4.78, 5) is 2.25. The zero-order valence-corrected chi connectivity index (χ0v) is 8.25. The first kappa shape index (κ1) is 9.96. The number of ether oxygens (including phenoxy) is 2. The van der Waals surface area contributed by atoms with Crippen molar-refractivity contribution in [2.45, 2.75) is 26.1 Å². The Hall–Kier alpha value is -0.120. The zero-order chi connectivity index (χ0) is 8.97. The van der Waals surface area contributed by atoms with Gasteiger partial charge in [0.25, 0.3) is 0 Å². The number of rotatable bonds is 4. The third-order valence-electron chi connectivity index (χ3n) is 2.16. The highest BCUT2D eigenvalue weighted by Crippen LogP contribution is 2.14. The molecule has 0 N–H and O–H groups in total. The van der Waals surface area contributed by atoms with E-state index in [2.05, 4.69) is 11.9 Å². The van der Waals surface area contributed by atoms with Gasteiger partial charge < -0.3 is 14.4 Å². The predicted octanol–water partition coefficient (Wildman–Crippen LogP) is 0.742. The Labute approximate surface area is 74.6 Å². The highest BCUT2D eigenvalue weighted by molar-refractivity contribution is 4.84. The first-order valence-corrected chi connectivity index (χ1v) is 4.69. The molecule has 0 spiro atoms. The Morgan fingerprint density at radius 1 is 1.08 bits per heavy atom. The summed E-state index contributed by atoms with van der Waals surface area (Å²) >= 11 is 0. The van der Waals surface area contributed by atoms with Crippen LogP contribution in [0.4, 0.5) is 0 Å². The van der Waals surface area contributed by atoms with E-state index in [1.54, 1.807) is 0 Å². The maximum atomic E-state index is 5.57. The Bertz CT molecular complexity index is 116. The second-order valence-electron chi connectivity index (χ2n) is 3.21. The van der Waals surface area contributed by atoms with Crippen LogP contribution < -0.4 is 0 Å². The lowest BCUT2D eigenvalue weighted by atomic mass is 10.2. The Morgan fingerprint density at radius 2 is 1.50 bits per heavy atom. The molecule has 1 fully saturated rings. The van der Waals surface area contributed by atoms with E-state index in [0.717, 1.165) is 26.3 Å². The van der Waals surface area contributed by atoms with E-state index in [4.69, 9.17) is 9.47 Å². The Kier molecular flexibility index (Phi) is 3.98. The van der Waals surface area contributed by atoms with Crippen LogP contribution in [0.1, 0.15) is 13.8 Å². The minimum Gasteiger partial charge on any atom is -0.374 e. The van der Waals surface area contributed by atoms with E-state index in [1.807, 2.05) is 13.8 Å². The topological polar surface area (TPSA) is 21.7 Å². The molecule has 0 aromatic rings. The third kappa shape index (κ3) is 2.44. The smallest absolute Gasteiger partial charge is 0.0975 e. The van der Waals surface area contributed by atoms with Crippen LogP contribution in [0.3, 0.4) is 0 Å². The number of hydrogen-bond acceptors (Lipinski definition) is 3. The van der Waals surface area contributed by atoms with Gasteiger partial charge in [0.1, 0.15) is 0 Å². The summed E-state index contributed by atoms with van der Waals surface area (Å²) in [6.45, 7) is 7.61. The number of likely N-dealkylation sites (N-methyl/N-ethyl adjacent to an activating group) is 1. The normalized spacial score (nSPS) is 31.2. The SMILES string of the molecule is CCO[C@H]1CN(C)C[C@@H]1OCC. The molecule has 72 valence electrons. The van der Waals surface area contributed by atoms with E-state index in [-0.39, 0.29) is 12.2 Å². The summed E-state index contributed by atoms with van der Waals surface area (Å²) in [5, 5.41) is 0. The van der Waals surface area contributed by atoms with Crippen LogP contribution in [0.15, 0.2) is 0 Å². The quantitative estimate of drug-likeness (QED) is 0.626. The third-order valence-corrected chi connectivity index (χ3v) is 2.16. The molecule has 0 aliphatic carbocycles. The first-order valence-electron chi connectivity index (χ1n) is 4.69. The van der Waals surface area contributed by atoms with Gasteiger partial charge in [0.05, 0.1) is 12.2 Å². The van der Waals surface area contributed by atoms with Crippen molar-refractivity contribution in [2.75, 3.05) is 33.4 Å². The van der Waals surface area contributed by atoms with Crippen molar-refractivity contribution in [1.29, 1.82) is 0 Å². The summed E-state index contributed by atoms with van der Waals surface area (Å²) in [7, 11) is 2.10. The molecule has 0 bridgehead atoms. The average molecular weight is 173 g/mol. The van der Waals surface area contributed by atoms with E-state index in [1.165, 1.54) is 0 Å². The summed E-state index contributed by atoms with van der Waals surface area (Å²) in [6, 6.07) is 0. The fourth-order valence-corrected chi connectivity index (χ4v) is 1.67. The molecule has 3 nitrogen and oxygen atoms in total. The predicted molar refractivity (Wildman–Crippen MR) is 48.3 cm³/mol. The van der Waals surface area contributed by atoms with Gasteiger partial charge in [-0.15, -0.1) is 0 Å². The largest absolute Gasteiger partial charge is 0.374 e. The maximum Gasteiger partial charge on any atom is 0.0975 e. The molecule has 0 radical (unpaired) electrons. The molecule has 1 heterocycles. The summed E-state index contributed by atoms with van der Waals surface area (Å²) in [5.41, 5.74) is 0. The molecule has 1 rings (SSSR count). The van der Waals surface area contributed by atoms with Crippen molar-refractivity contribution in [3.05, 3.63) is 0 Å². The van der Waals surface area contributed by atoms with Gasteiger partial charge in [0, 0.05) is 26.3 Å². The van der Waals surface area contributed by atoms with E-state index >= 15 is 0 Å². The van der Waals surface area contributed by atoms with Crippen LogP contribution in [0.2, 0.25) is 0 Å². The lowest BCUT2D eigenvalue weighted by Crippen LogP contribution is -2.29. The number of hydrogen-bond donors (Lipinski definition) is 0. The molecule has 0 aromatic heterocycles. The van der Waals surface area contributed by atoms with Crippen LogP contribution in [0.5, 0.6) is 0 Å². The lowest BCUT2D eigenvalue weighted by Gasteiger charge is -2.17. The van der Waals surface area contributed by atoms with Gasteiger partial charge in [-0.1, -0.05) is 0 Å². The summed E-state index contributed by atoms with van der Waals surface area (Å²) in [5.74, 6) is 0. The molecule has 0 aromatic carbocycles. The van der Waals surface area contributed by atoms with Gasteiger partial charge in [-0.05, 0) is 20.9 Å². The van der Waals surface area contributed by atoms with Crippen molar-refractivity contribution in [1.82, 2.24) is 4.90 Å². The molecule has 0 amide bonds. The Balaban J connectivity index is 2.36. The van der Waals surface area contributed by atoms with E-state index in [9.17, 15) is 0 Å². The Morgan fingerprint density at radius 3 is 1.83 bits per heavy atom. The second kappa shape index (κ2) is 4.80. The standard InChI is InChI=1S/C9H19NO2/c1-4-11-8-6-10(3)7-9(8)12-5-2/h8-9H,4-7H2,1-3H3/t8-,9-/m0/s1. The highest BCUT2D eigenvalue weighted by atomic mass is 16.5. The molecule has 1 aliphatic rings. The van der Waals surface area contributed by atoms with Gasteiger partial charge in [-0.25, -0.2) is 0 Å². The van der Waals surface area contributed by atoms with Gasteiger partial charge in [-0.2, -0.15) is 0 Å². The van der Waals surface area contributed by atoms with Gasteiger partial charge in [-0.3, -0.25) is 0 Å². The highest BCUT2D eigenvalue weighted by Gasteiger charge is 2.31. The minimum atomic E-state index is 0.278. The first-order chi connectivity index (χ1) is 5.77. The summed E-state index contributed by atoms with van der Waals surface area (Å²) in [6.07, 6.45) is 0.555. The maximum absolute atomic E-state index is 5.57. The molecule has 2 atom stereocenters. The average Bonchev–Trinajstić information content (AvgIpc) is 2.33. The fourth-order valence-electron chi connectivity index (χ4n) is 1.67. The zero-order valence-electron chi connectivity index (χ0n) is 8.25. The van der Waals surface area contributed by atoms with Crippen molar-refractivity contribution in [3.8, 4) is 0 Å². The van der Waals surface area contributed by atoms with Crippen molar-refractivity contribution >= 4 is 0 Å². The number of likely N-dealkylation sites (tertiary alicyclic amines) is 1.